The molecule has 1 amide bonds. The van der Waals surface area contributed by atoms with Gasteiger partial charge in [-0.25, -0.2) is 0 Å². The number of hydrogen-bond donors (Lipinski definition) is 3. The highest BCUT2D eigenvalue weighted by atomic mass is 16.4. The van der Waals surface area contributed by atoms with Crippen LogP contribution in [0.4, 0.5) is 0 Å². The Bertz CT molecular complexity index is 465. The largest absolute Gasteiger partial charge is 0.481 e. The number of carboxylic acids is 1. The van der Waals surface area contributed by atoms with Crippen LogP contribution in [0.3, 0.4) is 0 Å². The first-order chi connectivity index (χ1) is 8.21. The van der Waals surface area contributed by atoms with Crippen molar-refractivity contribution in [1.82, 2.24) is 15.1 Å². The van der Waals surface area contributed by atoms with E-state index in [1.54, 1.807) is 20.2 Å². The van der Waals surface area contributed by atoms with Gasteiger partial charge in [0.25, 0.3) is 5.91 Å². The number of nitrogens with one attached hydrogen (secondary N) is 1. The third kappa shape index (κ3) is 3.85. The van der Waals surface area contributed by atoms with Crippen molar-refractivity contribution in [2.45, 2.75) is 25.9 Å². The summed E-state index contributed by atoms with van der Waals surface area (Å²) >= 11 is 0. The van der Waals surface area contributed by atoms with Crippen LogP contribution in [0.1, 0.15) is 29.4 Å². The first-order valence-electron chi connectivity index (χ1n) is 5.44. The summed E-state index contributed by atoms with van der Waals surface area (Å²) in [5.74, 6) is -1.50. The molecule has 0 bridgehead atoms. The lowest BCUT2D eigenvalue weighted by Gasteiger charge is -2.21. The molecular weight excluding hydrogens is 238 g/mol. The zero-order valence-corrected chi connectivity index (χ0v) is 10.6. The fraction of sp³-hybridized carbons (Fsp3) is 0.545. The van der Waals surface area contributed by atoms with Crippen molar-refractivity contribution in [3.63, 3.8) is 0 Å². The predicted molar refractivity (Wildman–Crippen MR) is 63.2 cm³/mol. The SMILES string of the molecule is Cc1nn(C)cc1C(=O)NCC(C)(O)CC(=O)O. The molecule has 0 radical (unpaired) electrons. The maximum atomic E-state index is 11.8. The lowest BCUT2D eigenvalue weighted by molar-refractivity contribution is -0.141. The quantitative estimate of drug-likeness (QED) is 0.669. The number of aromatic nitrogens is 2. The van der Waals surface area contributed by atoms with E-state index in [1.807, 2.05) is 0 Å². The predicted octanol–water partition coefficient (Wildman–Crippen LogP) is -0.316. The number of amides is 1. The van der Waals surface area contributed by atoms with Crippen LogP contribution < -0.4 is 5.32 Å². The van der Waals surface area contributed by atoms with Crippen molar-refractivity contribution in [2.75, 3.05) is 6.54 Å². The number of aliphatic hydroxyl groups is 1. The number of aliphatic carboxylic acids is 1. The van der Waals surface area contributed by atoms with Crippen LogP contribution in [-0.2, 0) is 11.8 Å². The fourth-order valence-electron chi connectivity index (χ4n) is 1.58. The molecule has 1 heterocycles. The van der Waals surface area contributed by atoms with Gasteiger partial charge in [0.1, 0.15) is 0 Å². The molecule has 0 saturated heterocycles. The summed E-state index contributed by atoms with van der Waals surface area (Å²) in [4.78, 5) is 22.3. The first kappa shape index (κ1) is 14.2. The molecule has 1 aromatic rings. The number of carbonyl (C=O) groups is 2. The normalized spacial score (nSPS) is 14.0. The molecule has 1 unspecified atom stereocenters. The molecule has 0 aliphatic heterocycles. The molecule has 1 atom stereocenters. The minimum atomic E-state index is -1.47. The van der Waals surface area contributed by atoms with Crippen LogP contribution in [-0.4, -0.2) is 44.0 Å². The van der Waals surface area contributed by atoms with Gasteiger partial charge < -0.3 is 15.5 Å². The van der Waals surface area contributed by atoms with E-state index in [-0.39, 0.29) is 12.5 Å². The molecule has 0 aromatic carbocycles. The van der Waals surface area contributed by atoms with Crippen molar-refractivity contribution in [1.29, 1.82) is 0 Å². The number of aryl methyl sites for hydroxylation is 2. The highest BCUT2D eigenvalue weighted by molar-refractivity contribution is 5.95. The van der Waals surface area contributed by atoms with Gasteiger partial charge in [0.05, 0.1) is 23.3 Å². The Kier molecular flexibility index (Phi) is 4.07. The molecule has 0 saturated carbocycles. The molecule has 0 spiro atoms. The standard InChI is InChI=1S/C11H17N3O4/c1-7-8(5-14(3)13-7)10(17)12-6-11(2,18)4-9(15)16/h5,18H,4,6H2,1-3H3,(H,12,17)(H,15,16). The molecular formula is C11H17N3O4. The van der Waals surface area contributed by atoms with Gasteiger partial charge in [-0.05, 0) is 13.8 Å². The van der Waals surface area contributed by atoms with E-state index in [9.17, 15) is 14.7 Å². The summed E-state index contributed by atoms with van der Waals surface area (Å²) in [6, 6.07) is 0. The van der Waals surface area contributed by atoms with Gasteiger partial charge in [0.2, 0.25) is 0 Å². The van der Waals surface area contributed by atoms with Crippen LogP contribution in [0.5, 0.6) is 0 Å². The van der Waals surface area contributed by atoms with Gasteiger partial charge in [-0.2, -0.15) is 5.10 Å². The van der Waals surface area contributed by atoms with E-state index < -0.39 is 18.0 Å². The highest BCUT2D eigenvalue weighted by Crippen LogP contribution is 2.09. The summed E-state index contributed by atoms with van der Waals surface area (Å²) in [7, 11) is 1.70. The lowest BCUT2D eigenvalue weighted by Crippen LogP contribution is -2.42. The minimum Gasteiger partial charge on any atom is -0.481 e. The van der Waals surface area contributed by atoms with Gasteiger partial charge in [-0.1, -0.05) is 0 Å². The average Bonchev–Trinajstić information content (AvgIpc) is 2.52. The van der Waals surface area contributed by atoms with Gasteiger partial charge in [0.15, 0.2) is 0 Å². The molecule has 3 N–H and O–H groups in total. The molecule has 0 fully saturated rings. The molecule has 18 heavy (non-hydrogen) atoms. The maximum Gasteiger partial charge on any atom is 0.306 e. The Balaban J connectivity index is 2.61. The van der Waals surface area contributed by atoms with Crippen LogP contribution in [0.15, 0.2) is 6.20 Å². The molecule has 0 aliphatic rings. The van der Waals surface area contributed by atoms with Crippen LogP contribution in [0.25, 0.3) is 0 Å². The van der Waals surface area contributed by atoms with E-state index in [1.165, 1.54) is 11.6 Å². The molecule has 7 nitrogen and oxygen atoms in total. The van der Waals surface area contributed by atoms with E-state index in [4.69, 9.17) is 5.11 Å². The third-order valence-electron chi connectivity index (χ3n) is 2.42. The monoisotopic (exact) mass is 255 g/mol. The van der Waals surface area contributed by atoms with Crippen molar-refractivity contribution < 1.29 is 19.8 Å². The van der Waals surface area contributed by atoms with Crippen LogP contribution in [0.2, 0.25) is 0 Å². The van der Waals surface area contributed by atoms with Gasteiger partial charge in [-0.15, -0.1) is 0 Å². The van der Waals surface area contributed by atoms with E-state index in [0.717, 1.165) is 0 Å². The van der Waals surface area contributed by atoms with Crippen molar-refractivity contribution in [3.8, 4) is 0 Å². The first-order valence-corrected chi connectivity index (χ1v) is 5.44. The third-order valence-corrected chi connectivity index (χ3v) is 2.42. The van der Waals surface area contributed by atoms with E-state index in [0.29, 0.717) is 11.3 Å². The second-order valence-corrected chi connectivity index (χ2v) is 4.55. The van der Waals surface area contributed by atoms with E-state index in [2.05, 4.69) is 10.4 Å². The average molecular weight is 255 g/mol. The van der Waals surface area contributed by atoms with Gasteiger partial charge in [-0.3, -0.25) is 14.3 Å². The van der Waals surface area contributed by atoms with Gasteiger partial charge >= 0.3 is 5.97 Å². The summed E-state index contributed by atoms with van der Waals surface area (Å²) < 4.78 is 1.51. The van der Waals surface area contributed by atoms with Crippen molar-refractivity contribution >= 4 is 11.9 Å². The number of nitrogens with zero attached hydrogens (tertiary/aromatic N) is 2. The molecule has 1 aromatic heterocycles. The summed E-state index contributed by atoms with van der Waals surface area (Å²) in [5, 5.41) is 24.8. The van der Waals surface area contributed by atoms with Gasteiger partial charge in [0, 0.05) is 19.8 Å². The second kappa shape index (κ2) is 5.18. The Morgan fingerprint density at radius 2 is 2.17 bits per heavy atom. The Morgan fingerprint density at radius 3 is 2.61 bits per heavy atom. The maximum absolute atomic E-state index is 11.8. The fourth-order valence-corrected chi connectivity index (χ4v) is 1.58. The molecule has 7 heteroatoms. The number of carboxylic acid groups (broad SMARTS) is 1. The van der Waals surface area contributed by atoms with Crippen LogP contribution >= 0.6 is 0 Å². The summed E-state index contributed by atoms with van der Waals surface area (Å²) in [6.45, 7) is 2.92. The van der Waals surface area contributed by atoms with E-state index >= 15 is 0 Å². The van der Waals surface area contributed by atoms with Crippen molar-refractivity contribution in [3.05, 3.63) is 17.5 Å². The van der Waals surface area contributed by atoms with Crippen molar-refractivity contribution in [2.24, 2.45) is 7.05 Å². The summed E-state index contributed by atoms with van der Waals surface area (Å²) in [6.07, 6.45) is 1.13. The zero-order valence-electron chi connectivity index (χ0n) is 10.6. The molecule has 100 valence electrons. The molecule has 1 rings (SSSR count). The molecule has 0 aliphatic carbocycles. The highest BCUT2D eigenvalue weighted by Gasteiger charge is 2.25. The lowest BCUT2D eigenvalue weighted by atomic mass is 10.0. The Labute approximate surface area is 104 Å². The number of hydrogen-bond acceptors (Lipinski definition) is 4. The minimum absolute atomic E-state index is 0.132. The van der Waals surface area contributed by atoms with Crippen LogP contribution in [0, 0.1) is 6.92 Å². The Hall–Kier alpha value is -1.89. The Morgan fingerprint density at radius 1 is 1.56 bits per heavy atom. The summed E-state index contributed by atoms with van der Waals surface area (Å²) in [5.41, 5.74) is -0.492. The number of rotatable bonds is 5. The topological polar surface area (TPSA) is 104 Å². The zero-order chi connectivity index (χ0) is 13.9. The smallest absolute Gasteiger partial charge is 0.306 e. The second-order valence-electron chi connectivity index (χ2n) is 4.55. The number of carbonyl (C=O) groups excluding carboxylic acids is 1.